The average molecular weight is 305 g/mol. The van der Waals surface area contributed by atoms with Crippen molar-refractivity contribution in [2.24, 2.45) is 0 Å². The van der Waals surface area contributed by atoms with E-state index in [1.807, 2.05) is 19.3 Å². The van der Waals surface area contributed by atoms with Crippen LogP contribution in [0.4, 0.5) is 0 Å². The van der Waals surface area contributed by atoms with Gasteiger partial charge in [0.2, 0.25) is 0 Å². The highest BCUT2D eigenvalue weighted by Crippen LogP contribution is 2.24. The van der Waals surface area contributed by atoms with E-state index in [0.29, 0.717) is 6.04 Å². The van der Waals surface area contributed by atoms with E-state index in [-0.39, 0.29) is 6.10 Å². The van der Waals surface area contributed by atoms with Crippen molar-refractivity contribution in [1.29, 1.82) is 0 Å². The molecule has 0 aliphatic rings. The number of hydrogen-bond acceptors (Lipinski definition) is 5. The summed E-state index contributed by atoms with van der Waals surface area (Å²) >= 11 is 1.67. The number of hydrogen-bond donors (Lipinski definition) is 0. The van der Waals surface area contributed by atoms with Gasteiger partial charge in [-0.2, -0.15) is 0 Å². The van der Waals surface area contributed by atoms with Crippen molar-refractivity contribution in [3.8, 4) is 0 Å². The molecular formula is C16H23N3OS. The summed E-state index contributed by atoms with van der Waals surface area (Å²) in [4.78, 5) is 11.0. The highest BCUT2D eigenvalue weighted by Gasteiger charge is 2.15. The lowest BCUT2D eigenvalue weighted by molar-refractivity contribution is 0.0760. The standard InChI is InChI=1S/C16H23N3OS/c1-5-20-13(3)16-18-15(11-21-16)10-19(4)12(2)14-6-8-17-9-7-14/h6-9,11-13H,5,10H2,1-4H3/t12-,13-/m1/s1. The van der Waals surface area contributed by atoms with Crippen LogP contribution >= 0.6 is 11.3 Å². The van der Waals surface area contributed by atoms with Crippen molar-refractivity contribution in [2.75, 3.05) is 13.7 Å². The molecule has 0 fully saturated rings. The maximum atomic E-state index is 5.59. The van der Waals surface area contributed by atoms with Gasteiger partial charge in [0.05, 0.1) is 5.69 Å². The number of ether oxygens (including phenoxy) is 1. The predicted octanol–water partition coefficient (Wildman–Crippen LogP) is 3.83. The Morgan fingerprint density at radius 3 is 2.67 bits per heavy atom. The van der Waals surface area contributed by atoms with Gasteiger partial charge >= 0.3 is 0 Å². The number of pyridine rings is 1. The third-order valence-electron chi connectivity index (χ3n) is 3.60. The zero-order chi connectivity index (χ0) is 15.2. The van der Waals surface area contributed by atoms with Crippen LogP contribution in [0.25, 0.3) is 0 Å². The molecule has 2 heterocycles. The Morgan fingerprint density at radius 1 is 1.29 bits per heavy atom. The van der Waals surface area contributed by atoms with Crippen LogP contribution in [0.1, 0.15) is 49.2 Å². The van der Waals surface area contributed by atoms with E-state index in [4.69, 9.17) is 4.74 Å². The maximum Gasteiger partial charge on any atom is 0.122 e. The monoisotopic (exact) mass is 305 g/mol. The summed E-state index contributed by atoms with van der Waals surface area (Å²) < 4.78 is 5.59. The second-order valence-corrected chi connectivity index (χ2v) is 6.04. The molecule has 2 aromatic rings. The van der Waals surface area contributed by atoms with E-state index < -0.39 is 0 Å². The van der Waals surface area contributed by atoms with Crippen LogP contribution < -0.4 is 0 Å². The molecule has 0 aromatic carbocycles. The largest absolute Gasteiger partial charge is 0.372 e. The van der Waals surface area contributed by atoms with Gasteiger partial charge in [0.25, 0.3) is 0 Å². The third kappa shape index (κ3) is 4.33. The second-order valence-electron chi connectivity index (χ2n) is 5.15. The molecule has 0 aliphatic heterocycles. The number of aromatic nitrogens is 2. The first-order valence-electron chi connectivity index (χ1n) is 7.27. The van der Waals surface area contributed by atoms with Gasteiger partial charge in [-0.25, -0.2) is 4.98 Å². The minimum atomic E-state index is 0.0803. The van der Waals surface area contributed by atoms with Gasteiger partial charge in [0, 0.05) is 37.0 Å². The first-order chi connectivity index (χ1) is 10.1. The SMILES string of the molecule is CCO[C@H](C)c1nc(CN(C)[C@H](C)c2ccncc2)cs1. The molecule has 21 heavy (non-hydrogen) atoms. The summed E-state index contributed by atoms with van der Waals surface area (Å²) in [5, 5.41) is 3.18. The molecule has 2 aromatic heterocycles. The van der Waals surface area contributed by atoms with Crippen LogP contribution in [0.2, 0.25) is 0 Å². The zero-order valence-corrected chi connectivity index (χ0v) is 13.9. The minimum Gasteiger partial charge on any atom is -0.372 e. The molecule has 0 saturated heterocycles. The Hall–Kier alpha value is -1.30. The van der Waals surface area contributed by atoms with E-state index in [0.717, 1.165) is 23.9 Å². The Balaban J connectivity index is 1.98. The lowest BCUT2D eigenvalue weighted by atomic mass is 10.1. The van der Waals surface area contributed by atoms with Crippen molar-refractivity contribution in [3.63, 3.8) is 0 Å². The van der Waals surface area contributed by atoms with E-state index in [9.17, 15) is 0 Å². The summed E-state index contributed by atoms with van der Waals surface area (Å²) in [6, 6.07) is 4.46. The molecule has 5 heteroatoms. The van der Waals surface area contributed by atoms with Crippen molar-refractivity contribution in [3.05, 3.63) is 46.2 Å². The predicted molar refractivity (Wildman–Crippen MR) is 86.3 cm³/mol. The van der Waals surface area contributed by atoms with Gasteiger partial charge in [-0.3, -0.25) is 9.88 Å². The van der Waals surface area contributed by atoms with Gasteiger partial charge in [-0.15, -0.1) is 11.3 Å². The molecule has 0 unspecified atom stereocenters. The molecule has 0 saturated carbocycles. The first kappa shape index (κ1) is 16.1. The summed E-state index contributed by atoms with van der Waals surface area (Å²) in [7, 11) is 2.12. The molecule has 0 bridgehead atoms. The lowest BCUT2D eigenvalue weighted by Crippen LogP contribution is -2.22. The molecule has 0 amide bonds. The fraction of sp³-hybridized carbons (Fsp3) is 0.500. The van der Waals surface area contributed by atoms with Crippen LogP contribution in [0, 0.1) is 0 Å². The number of thiazole rings is 1. The topological polar surface area (TPSA) is 38.2 Å². The lowest BCUT2D eigenvalue weighted by Gasteiger charge is -2.24. The highest BCUT2D eigenvalue weighted by atomic mass is 32.1. The molecule has 0 N–H and O–H groups in total. The van der Waals surface area contributed by atoms with E-state index in [2.05, 4.69) is 53.3 Å². The Bertz CT molecular complexity index is 543. The molecule has 114 valence electrons. The summed E-state index contributed by atoms with van der Waals surface area (Å²) in [5.41, 5.74) is 2.37. The van der Waals surface area contributed by atoms with Crippen molar-refractivity contribution >= 4 is 11.3 Å². The van der Waals surface area contributed by atoms with Crippen LogP contribution in [0.5, 0.6) is 0 Å². The molecule has 0 radical (unpaired) electrons. The van der Waals surface area contributed by atoms with Gasteiger partial charge in [0.1, 0.15) is 11.1 Å². The molecule has 2 atom stereocenters. The fourth-order valence-electron chi connectivity index (χ4n) is 2.19. The van der Waals surface area contributed by atoms with Gasteiger partial charge < -0.3 is 4.74 Å². The molecule has 0 aliphatic carbocycles. The summed E-state index contributed by atoms with van der Waals surface area (Å²) in [6.45, 7) is 7.81. The van der Waals surface area contributed by atoms with Crippen molar-refractivity contribution in [2.45, 2.75) is 39.5 Å². The molecular weight excluding hydrogens is 282 g/mol. The quantitative estimate of drug-likeness (QED) is 0.779. The summed E-state index contributed by atoms with van der Waals surface area (Å²) in [6.07, 6.45) is 3.76. The maximum absolute atomic E-state index is 5.59. The molecule has 0 spiro atoms. The smallest absolute Gasteiger partial charge is 0.122 e. The Morgan fingerprint density at radius 2 is 2.00 bits per heavy atom. The Kier molecular flexibility index (Phi) is 5.85. The third-order valence-corrected chi connectivity index (χ3v) is 4.65. The first-order valence-corrected chi connectivity index (χ1v) is 8.15. The van der Waals surface area contributed by atoms with Crippen molar-refractivity contribution < 1.29 is 4.74 Å². The van der Waals surface area contributed by atoms with Crippen molar-refractivity contribution in [1.82, 2.24) is 14.9 Å². The minimum absolute atomic E-state index is 0.0803. The normalized spacial score (nSPS) is 14.3. The van der Waals surface area contributed by atoms with Gasteiger partial charge in [-0.05, 0) is 45.5 Å². The average Bonchev–Trinajstić information content (AvgIpc) is 2.96. The van der Waals surface area contributed by atoms with Gasteiger partial charge in [0.15, 0.2) is 0 Å². The fourth-order valence-corrected chi connectivity index (χ4v) is 3.01. The van der Waals surface area contributed by atoms with Gasteiger partial charge in [-0.1, -0.05) is 0 Å². The number of nitrogens with zero attached hydrogens (tertiary/aromatic N) is 3. The second kappa shape index (κ2) is 7.64. The van der Waals surface area contributed by atoms with Crippen LogP contribution in [-0.4, -0.2) is 28.5 Å². The molecule has 2 rings (SSSR count). The zero-order valence-electron chi connectivity index (χ0n) is 13.1. The summed E-state index contributed by atoms with van der Waals surface area (Å²) in [5.74, 6) is 0. The van der Waals surface area contributed by atoms with E-state index in [1.165, 1.54) is 5.56 Å². The molecule has 4 nitrogen and oxygen atoms in total. The Labute approximate surface area is 130 Å². The van der Waals surface area contributed by atoms with Crippen LogP contribution in [-0.2, 0) is 11.3 Å². The van der Waals surface area contributed by atoms with E-state index >= 15 is 0 Å². The highest BCUT2D eigenvalue weighted by molar-refractivity contribution is 7.09. The van der Waals surface area contributed by atoms with Crippen LogP contribution in [0.3, 0.4) is 0 Å². The van der Waals surface area contributed by atoms with Crippen LogP contribution in [0.15, 0.2) is 29.9 Å². The van der Waals surface area contributed by atoms with E-state index in [1.54, 1.807) is 11.3 Å². The number of rotatable bonds is 7.